The second kappa shape index (κ2) is 7.25. The fraction of sp³-hybridized carbons (Fsp3) is 0.0769. The van der Waals surface area contributed by atoms with Gasteiger partial charge in [-0.25, -0.2) is 0 Å². The summed E-state index contributed by atoms with van der Waals surface area (Å²) in [4.78, 5) is 1.97. The lowest BCUT2D eigenvalue weighted by Crippen LogP contribution is -1.79. The molecule has 0 aliphatic heterocycles. The molecule has 0 N–H and O–H groups in total. The van der Waals surface area contributed by atoms with Crippen molar-refractivity contribution in [2.24, 2.45) is 0 Å². The largest absolute Gasteiger partial charge is 0.497 e. The van der Waals surface area contributed by atoms with Crippen molar-refractivity contribution in [2.75, 3.05) is 7.11 Å². The lowest BCUT2D eigenvalue weighted by atomic mass is 10.3. The minimum absolute atomic E-state index is 0.868. The molecule has 0 aromatic heterocycles. The van der Waals surface area contributed by atoms with E-state index in [9.17, 15) is 0 Å². The highest BCUT2D eigenvalue weighted by molar-refractivity contribution is 7.80. The van der Waals surface area contributed by atoms with Gasteiger partial charge in [0, 0.05) is 9.79 Å². The molecule has 0 spiro atoms. The Morgan fingerprint density at radius 3 is 1.62 bits per heavy atom. The molecule has 16 heavy (non-hydrogen) atoms. The number of hydrogen-bond acceptors (Lipinski definition) is 3. The van der Waals surface area contributed by atoms with Gasteiger partial charge in [-0.2, -0.15) is 0 Å². The summed E-state index contributed by atoms with van der Waals surface area (Å²) in [6, 6.07) is 17.3. The van der Waals surface area contributed by atoms with Crippen LogP contribution >= 0.6 is 25.3 Å². The van der Waals surface area contributed by atoms with Crippen molar-refractivity contribution in [2.45, 2.75) is 9.79 Å². The van der Waals surface area contributed by atoms with E-state index in [1.165, 1.54) is 0 Å². The zero-order chi connectivity index (χ0) is 11.8. The summed E-state index contributed by atoms with van der Waals surface area (Å²) < 4.78 is 4.94. The number of hydrogen-bond donors (Lipinski definition) is 2. The molecule has 84 valence electrons. The van der Waals surface area contributed by atoms with Gasteiger partial charge in [0.05, 0.1) is 7.11 Å². The monoisotopic (exact) mass is 250 g/mol. The van der Waals surface area contributed by atoms with Gasteiger partial charge in [-0.05, 0) is 36.4 Å². The molecule has 0 saturated carbocycles. The van der Waals surface area contributed by atoms with Crippen LogP contribution in [0.4, 0.5) is 0 Å². The van der Waals surface area contributed by atoms with Gasteiger partial charge in [-0.15, -0.1) is 25.3 Å². The fourth-order valence-corrected chi connectivity index (χ4v) is 1.33. The third-order valence-electron chi connectivity index (χ3n) is 1.83. The molecular formula is C13H14OS2. The van der Waals surface area contributed by atoms with Crippen LogP contribution in [0, 0.1) is 0 Å². The highest BCUT2D eigenvalue weighted by Crippen LogP contribution is 2.12. The minimum Gasteiger partial charge on any atom is -0.497 e. The maximum atomic E-state index is 4.94. The van der Waals surface area contributed by atoms with Crippen LogP contribution < -0.4 is 4.74 Å². The highest BCUT2D eigenvalue weighted by atomic mass is 32.1. The van der Waals surface area contributed by atoms with Gasteiger partial charge in [-0.3, -0.25) is 0 Å². The first-order chi connectivity index (χ1) is 7.72. The summed E-state index contributed by atoms with van der Waals surface area (Å²) in [5.41, 5.74) is 0. The number of benzene rings is 2. The maximum Gasteiger partial charge on any atom is 0.118 e. The van der Waals surface area contributed by atoms with Crippen LogP contribution in [-0.4, -0.2) is 7.11 Å². The average molecular weight is 250 g/mol. The van der Waals surface area contributed by atoms with Crippen molar-refractivity contribution in [1.82, 2.24) is 0 Å². The minimum atomic E-state index is 0.868. The van der Waals surface area contributed by atoms with Gasteiger partial charge in [-0.1, -0.05) is 18.2 Å². The number of ether oxygens (including phenoxy) is 1. The zero-order valence-electron chi connectivity index (χ0n) is 9.00. The maximum absolute atomic E-state index is 4.94. The fourth-order valence-electron chi connectivity index (χ4n) is 1.01. The topological polar surface area (TPSA) is 9.23 Å². The van der Waals surface area contributed by atoms with E-state index in [0.29, 0.717) is 0 Å². The SMILES string of the molecule is COc1ccc(S)cc1.Sc1ccccc1. The summed E-state index contributed by atoms with van der Waals surface area (Å²) in [6.07, 6.45) is 0. The Kier molecular flexibility index (Phi) is 5.90. The molecule has 2 aromatic carbocycles. The van der Waals surface area contributed by atoms with Crippen LogP contribution in [0.15, 0.2) is 64.4 Å². The first kappa shape index (κ1) is 13.0. The van der Waals surface area contributed by atoms with Crippen LogP contribution in [0.2, 0.25) is 0 Å². The van der Waals surface area contributed by atoms with Crippen LogP contribution in [0.3, 0.4) is 0 Å². The van der Waals surface area contributed by atoms with Crippen molar-refractivity contribution < 1.29 is 4.74 Å². The first-order valence-corrected chi connectivity index (χ1v) is 5.69. The second-order valence-corrected chi connectivity index (χ2v) is 4.07. The Morgan fingerprint density at radius 1 is 0.750 bits per heavy atom. The Morgan fingerprint density at radius 2 is 1.25 bits per heavy atom. The third-order valence-corrected chi connectivity index (χ3v) is 2.42. The molecule has 2 aromatic rings. The Hall–Kier alpha value is -1.06. The summed E-state index contributed by atoms with van der Waals surface area (Å²) in [6.45, 7) is 0. The van der Waals surface area contributed by atoms with E-state index in [0.717, 1.165) is 15.5 Å². The molecule has 3 heteroatoms. The lowest BCUT2D eigenvalue weighted by Gasteiger charge is -1.96. The molecule has 0 amide bonds. The van der Waals surface area contributed by atoms with Crippen LogP contribution in [0.5, 0.6) is 5.75 Å². The number of thiol groups is 2. The van der Waals surface area contributed by atoms with Crippen LogP contribution in [0.25, 0.3) is 0 Å². The third kappa shape index (κ3) is 5.14. The van der Waals surface area contributed by atoms with E-state index in [-0.39, 0.29) is 0 Å². The summed E-state index contributed by atoms with van der Waals surface area (Å²) in [5, 5.41) is 0. The van der Waals surface area contributed by atoms with Crippen molar-refractivity contribution in [3.05, 3.63) is 54.6 Å². The molecule has 0 bridgehead atoms. The standard InChI is InChI=1S/C7H8OS.C6H6S/c1-8-6-2-4-7(9)5-3-6;7-6-4-2-1-3-5-6/h2-5,9H,1H3;1-5,7H. The van der Waals surface area contributed by atoms with E-state index in [1.807, 2.05) is 54.6 Å². The zero-order valence-corrected chi connectivity index (χ0v) is 10.8. The molecule has 0 aliphatic carbocycles. The van der Waals surface area contributed by atoms with Gasteiger partial charge in [0.25, 0.3) is 0 Å². The molecule has 0 heterocycles. The average Bonchev–Trinajstić information content (AvgIpc) is 2.32. The molecule has 0 aliphatic rings. The predicted octanol–water partition coefficient (Wildman–Crippen LogP) is 3.96. The number of rotatable bonds is 1. The first-order valence-electron chi connectivity index (χ1n) is 4.79. The molecule has 2 rings (SSSR count). The van der Waals surface area contributed by atoms with Gasteiger partial charge < -0.3 is 4.74 Å². The van der Waals surface area contributed by atoms with Gasteiger partial charge >= 0.3 is 0 Å². The van der Waals surface area contributed by atoms with Crippen molar-refractivity contribution in [3.63, 3.8) is 0 Å². The summed E-state index contributed by atoms with van der Waals surface area (Å²) in [7, 11) is 1.65. The molecule has 1 nitrogen and oxygen atoms in total. The smallest absolute Gasteiger partial charge is 0.118 e. The van der Waals surface area contributed by atoms with E-state index in [2.05, 4.69) is 25.3 Å². The quantitative estimate of drug-likeness (QED) is 0.728. The highest BCUT2D eigenvalue weighted by Gasteiger charge is 1.86. The Labute approximate surface area is 107 Å². The van der Waals surface area contributed by atoms with E-state index in [1.54, 1.807) is 7.11 Å². The Bertz CT molecular complexity index is 398. The number of methoxy groups -OCH3 is 1. The van der Waals surface area contributed by atoms with E-state index < -0.39 is 0 Å². The van der Waals surface area contributed by atoms with Crippen molar-refractivity contribution >= 4 is 25.3 Å². The van der Waals surface area contributed by atoms with Crippen LogP contribution in [-0.2, 0) is 0 Å². The lowest BCUT2D eigenvalue weighted by molar-refractivity contribution is 0.414. The molecule has 0 radical (unpaired) electrons. The van der Waals surface area contributed by atoms with E-state index in [4.69, 9.17) is 4.74 Å². The second-order valence-electron chi connectivity index (χ2n) is 3.03. The van der Waals surface area contributed by atoms with E-state index >= 15 is 0 Å². The van der Waals surface area contributed by atoms with Gasteiger partial charge in [0.2, 0.25) is 0 Å². The molecule has 0 fully saturated rings. The normalized spacial score (nSPS) is 8.94. The molecular weight excluding hydrogens is 236 g/mol. The predicted molar refractivity (Wildman–Crippen MR) is 73.9 cm³/mol. The van der Waals surface area contributed by atoms with Crippen molar-refractivity contribution in [3.8, 4) is 5.75 Å². The summed E-state index contributed by atoms with van der Waals surface area (Å²) >= 11 is 8.20. The molecule has 0 atom stereocenters. The van der Waals surface area contributed by atoms with Crippen LogP contribution in [0.1, 0.15) is 0 Å². The van der Waals surface area contributed by atoms with Crippen molar-refractivity contribution in [1.29, 1.82) is 0 Å². The van der Waals surface area contributed by atoms with Gasteiger partial charge in [0.1, 0.15) is 5.75 Å². The molecule has 0 saturated heterocycles. The Balaban J connectivity index is 0.000000165. The molecule has 0 unspecified atom stereocenters. The van der Waals surface area contributed by atoms with Gasteiger partial charge in [0.15, 0.2) is 0 Å². The summed E-state index contributed by atoms with van der Waals surface area (Å²) in [5.74, 6) is 0.868.